The normalized spacial score (nSPS) is 35.8. The lowest BCUT2D eigenvalue weighted by atomic mass is 9.82. The Balaban J connectivity index is 1.91. The first-order chi connectivity index (χ1) is 8.20. The highest BCUT2D eigenvalue weighted by Crippen LogP contribution is 2.37. The molecule has 0 aliphatic carbocycles. The summed E-state index contributed by atoms with van der Waals surface area (Å²) in [6.45, 7) is 0. The van der Waals surface area contributed by atoms with Crippen LogP contribution >= 0.6 is 0 Å². The summed E-state index contributed by atoms with van der Waals surface area (Å²) in [5.74, 6) is 0.138. The summed E-state index contributed by atoms with van der Waals surface area (Å²) in [6, 6.07) is 9.70. The summed E-state index contributed by atoms with van der Waals surface area (Å²) < 4.78 is 0. The SMILES string of the molecule is O=C(c1ccccc1)C12CCC(CC(O)C1)N2. The minimum absolute atomic E-state index is 0.138. The van der Waals surface area contributed by atoms with Crippen molar-refractivity contribution in [2.24, 2.45) is 0 Å². The second-order valence-corrected chi connectivity index (χ2v) is 5.25. The molecule has 0 radical (unpaired) electrons. The Hall–Kier alpha value is -1.19. The number of carbonyl (C=O) groups excluding carboxylic acids is 1. The topological polar surface area (TPSA) is 49.3 Å². The van der Waals surface area contributed by atoms with E-state index in [0.717, 1.165) is 24.8 Å². The zero-order chi connectivity index (χ0) is 11.9. The van der Waals surface area contributed by atoms with Crippen LogP contribution in [0.1, 0.15) is 36.0 Å². The molecule has 0 spiro atoms. The predicted molar refractivity (Wildman–Crippen MR) is 64.9 cm³/mol. The fourth-order valence-electron chi connectivity index (χ4n) is 3.25. The molecule has 2 aliphatic rings. The van der Waals surface area contributed by atoms with Gasteiger partial charge in [-0.05, 0) is 25.7 Å². The molecule has 3 rings (SSSR count). The molecule has 90 valence electrons. The standard InChI is InChI=1S/C14H17NO2/c16-12-8-11-6-7-14(9-12,15-11)13(17)10-4-2-1-3-5-10/h1-5,11-12,15-16H,6-9H2. The van der Waals surface area contributed by atoms with Gasteiger partial charge in [0.1, 0.15) is 0 Å². The lowest BCUT2D eigenvalue weighted by molar-refractivity contribution is 0.0595. The predicted octanol–water partition coefficient (Wildman–Crippen LogP) is 1.51. The molecule has 17 heavy (non-hydrogen) atoms. The van der Waals surface area contributed by atoms with Crippen molar-refractivity contribution < 1.29 is 9.90 Å². The van der Waals surface area contributed by atoms with Crippen LogP contribution in [0.4, 0.5) is 0 Å². The summed E-state index contributed by atoms with van der Waals surface area (Å²) in [5, 5.41) is 13.3. The molecule has 2 saturated heterocycles. The summed E-state index contributed by atoms with van der Waals surface area (Å²) in [5.41, 5.74) is 0.235. The van der Waals surface area contributed by atoms with Crippen molar-refractivity contribution in [3.63, 3.8) is 0 Å². The largest absolute Gasteiger partial charge is 0.393 e. The molecule has 0 amide bonds. The number of piperidine rings is 1. The zero-order valence-electron chi connectivity index (χ0n) is 9.73. The van der Waals surface area contributed by atoms with E-state index in [1.54, 1.807) is 0 Å². The number of nitrogens with one attached hydrogen (secondary N) is 1. The Morgan fingerprint density at radius 3 is 2.88 bits per heavy atom. The average Bonchev–Trinajstić information content (AvgIpc) is 2.66. The molecule has 2 fully saturated rings. The van der Waals surface area contributed by atoms with Gasteiger partial charge in [-0.2, -0.15) is 0 Å². The van der Waals surface area contributed by atoms with Gasteiger partial charge in [0.2, 0.25) is 0 Å². The molecule has 0 saturated carbocycles. The summed E-state index contributed by atoms with van der Waals surface area (Å²) in [6.07, 6.45) is 2.84. The third-order valence-electron chi connectivity index (χ3n) is 4.01. The highest BCUT2D eigenvalue weighted by molar-refractivity contribution is 6.03. The maximum Gasteiger partial charge on any atom is 0.182 e. The fraction of sp³-hybridized carbons (Fsp3) is 0.500. The number of benzene rings is 1. The number of fused-ring (bicyclic) bond motifs is 2. The lowest BCUT2D eigenvalue weighted by Crippen LogP contribution is -2.56. The van der Waals surface area contributed by atoms with Crippen molar-refractivity contribution in [1.82, 2.24) is 5.32 Å². The van der Waals surface area contributed by atoms with Crippen molar-refractivity contribution in [2.45, 2.75) is 43.4 Å². The summed E-state index contributed by atoms with van der Waals surface area (Å²) >= 11 is 0. The second kappa shape index (κ2) is 3.93. The first-order valence-corrected chi connectivity index (χ1v) is 6.25. The van der Waals surface area contributed by atoms with Gasteiger partial charge >= 0.3 is 0 Å². The van der Waals surface area contributed by atoms with Gasteiger partial charge in [0.15, 0.2) is 5.78 Å². The maximum atomic E-state index is 12.6. The van der Waals surface area contributed by atoms with E-state index in [9.17, 15) is 9.90 Å². The molecule has 3 heteroatoms. The molecule has 1 aromatic rings. The Morgan fingerprint density at radius 2 is 2.12 bits per heavy atom. The van der Waals surface area contributed by atoms with Crippen LogP contribution in [-0.2, 0) is 0 Å². The monoisotopic (exact) mass is 231 g/mol. The Kier molecular flexibility index (Phi) is 2.53. The molecule has 0 aromatic heterocycles. The van der Waals surface area contributed by atoms with Crippen LogP contribution in [0.25, 0.3) is 0 Å². The Morgan fingerprint density at radius 1 is 1.35 bits per heavy atom. The molecule has 3 atom stereocenters. The Bertz CT molecular complexity index is 431. The number of rotatable bonds is 2. The zero-order valence-corrected chi connectivity index (χ0v) is 9.73. The third kappa shape index (κ3) is 1.79. The number of hydrogen-bond donors (Lipinski definition) is 2. The highest BCUT2D eigenvalue weighted by Gasteiger charge is 2.49. The fourth-order valence-corrected chi connectivity index (χ4v) is 3.25. The van der Waals surface area contributed by atoms with Gasteiger partial charge in [0.05, 0.1) is 11.6 Å². The second-order valence-electron chi connectivity index (χ2n) is 5.25. The van der Waals surface area contributed by atoms with Gasteiger partial charge in [-0.25, -0.2) is 0 Å². The van der Waals surface area contributed by atoms with Crippen LogP contribution in [0.5, 0.6) is 0 Å². The quantitative estimate of drug-likeness (QED) is 0.759. The molecule has 2 N–H and O–H groups in total. The third-order valence-corrected chi connectivity index (χ3v) is 4.01. The van der Waals surface area contributed by atoms with Crippen LogP contribution in [-0.4, -0.2) is 28.6 Å². The average molecular weight is 231 g/mol. The van der Waals surface area contributed by atoms with Crippen LogP contribution in [0.15, 0.2) is 30.3 Å². The van der Waals surface area contributed by atoms with Gasteiger partial charge in [0, 0.05) is 11.6 Å². The van der Waals surface area contributed by atoms with Crippen molar-refractivity contribution in [1.29, 1.82) is 0 Å². The van der Waals surface area contributed by atoms with E-state index in [2.05, 4.69) is 5.32 Å². The number of ketones is 1. The number of aliphatic hydroxyl groups is 1. The first kappa shape index (κ1) is 10.9. The molecule has 2 bridgehead atoms. The van der Waals surface area contributed by atoms with E-state index in [1.807, 2.05) is 30.3 Å². The molecular formula is C14H17NO2. The molecule has 3 unspecified atom stereocenters. The van der Waals surface area contributed by atoms with Gasteiger partial charge in [-0.1, -0.05) is 30.3 Å². The van der Waals surface area contributed by atoms with Crippen molar-refractivity contribution in [3.05, 3.63) is 35.9 Å². The maximum absolute atomic E-state index is 12.6. The first-order valence-electron chi connectivity index (χ1n) is 6.25. The van der Waals surface area contributed by atoms with E-state index in [1.165, 1.54) is 0 Å². The van der Waals surface area contributed by atoms with Gasteiger partial charge in [-0.15, -0.1) is 0 Å². The Labute approximate surface area is 101 Å². The van der Waals surface area contributed by atoms with Crippen LogP contribution < -0.4 is 5.32 Å². The number of hydrogen-bond acceptors (Lipinski definition) is 3. The van der Waals surface area contributed by atoms with Crippen molar-refractivity contribution in [2.75, 3.05) is 0 Å². The number of aliphatic hydroxyl groups excluding tert-OH is 1. The van der Waals surface area contributed by atoms with Crippen LogP contribution in [0.2, 0.25) is 0 Å². The van der Waals surface area contributed by atoms with Gasteiger partial charge < -0.3 is 10.4 Å². The van der Waals surface area contributed by atoms with Gasteiger partial charge in [0.25, 0.3) is 0 Å². The molecule has 1 aromatic carbocycles. The minimum atomic E-state index is -0.510. The van der Waals surface area contributed by atoms with Crippen molar-refractivity contribution >= 4 is 5.78 Å². The minimum Gasteiger partial charge on any atom is -0.393 e. The summed E-state index contributed by atoms with van der Waals surface area (Å²) in [7, 11) is 0. The molecule has 3 nitrogen and oxygen atoms in total. The smallest absolute Gasteiger partial charge is 0.182 e. The highest BCUT2D eigenvalue weighted by atomic mass is 16.3. The van der Waals surface area contributed by atoms with E-state index < -0.39 is 5.54 Å². The van der Waals surface area contributed by atoms with Gasteiger partial charge in [-0.3, -0.25) is 4.79 Å². The molecule has 2 aliphatic heterocycles. The number of Topliss-reactive ketones (excluding diaryl/α,β-unsaturated/α-hetero) is 1. The van der Waals surface area contributed by atoms with E-state index >= 15 is 0 Å². The van der Waals surface area contributed by atoms with Crippen LogP contribution in [0.3, 0.4) is 0 Å². The molecular weight excluding hydrogens is 214 g/mol. The van der Waals surface area contributed by atoms with Crippen LogP contribution in [0, 0.1) is 0 Å². The van der Waals surface area contributed by atoms with E-state index in [4.69, 9.17) is 0 Å². The summed E-state index contributed by atoms with van der Waals surface area (Å²) in [4.78, 5) is 12.6. The lowest BCUT2D eigenvalue weighted by Gasteiger charge is -2.36. The van der Waals surface area contributed by atoms with E-state index in [-0.39, 0.29) is 11.9 Å². The number of carbonyl (C=O) groups is 1. The van der Waals surface area contributed by atoms with Crippen molar-refractivity contribution in [3.8, 4) is 0 Å². The van der Waals surface area contributed by atoms with E-state index in [0.29, 0.717) is 12.5 Å². The molecule has 2 heterocycles.